The van der Waals surface area contributed by atoms with E-state index >= 15 is 0 Å². The van der Waals surface area contributed by atoms with E-state index < -0.39 is 0 Å². The molecule has 0 bridgehead atoms. The summed E-state index contributed by atoms with van der Waals surface area (Å²) in [5, 5.41) is 0. The summed E-state index contributed by atoms with van der Waals surface area (Å²) >= 11 is 0. The Morgan fingerprint density at radius 3 is 2.30 bits per heavy atom. The van der Waals surface area contributed by atoms with Crippen LogP contribution in [0, 0.1) is 0 Å². The van der Waals surface area contributed by atoms with Gasteiger partial charge in [0.25, 0.3) is 0 Å². The van der Waals surface area contributed by atoms with Gasteiger partial charge in [-0.1, -0.05) is 12.1 Å². The van der Waals surface area contributed by atoms with Gasteiger partial charge in [0.05, 0.1) is 0 Å². The molecule has 0 fully saturated rings. The number of nitrogen functional groups attached to an aromatic ring is 1. The fourth-order valence-corrected chi connectivity index (χ4v) is 0.618. The first kappa shape index (κ1) is 8.65. The van der Waals surface area contributed by atoms with Crippen LogP contribution in [0.5, 0.6) is 0 Å². The van der Waals surface area contributed by atoms with Crippen molar-refractivity contribution < 1.29 is 10.3 Å². The van der Waals surface area contributed by atoms with Crippen LogP contribution in [0.2, 0.25) is 0 Å². The van der Waals surface area contributed by atoms with Crippen LogP contribution in [0.4, 0.5) is 5.69 Å². The van der Waals surface area contributed by atoms with Gasteiger partial charge in [-0.2, -0.15) is 0 Å². The molecule has 0 saturated heterocycles. The van der Waals surface area contributed by atoms with Crippen molar-refractivity contribution in [2.75, 3.05) is 5.73 Å². The van der Waals surface area contributed by atoms with E-state index in [1.54, 1.807) is 24.3 Å². The average molecular weight is 139 g/mol. The molecule has 0 unspecified atom stereocenters. The predicted octanol–water partition coefficient (Wildman–Crippen LogP) is 0.257. The number of carbonyl (C=O) groups is 1. The van der Waals surface area contributed by atoms with Crippen LogP contribution >= 0.6 is 0 Å². The molecule has 0 atom stereocenters. The molecular weight excluding hydrogens is 130 g/mol. The van der Waals surface area contributed by atoms with E-state index in [1.165, 1.54) is 0 Å². The van der Waals surface area contributed by atoms with Crippen molar-refractivity contribution in [3.05, 3.63) is 29.8 Å². The van der Waals surface area contributed by atoms with Gasteiger partial charge in [-0.3, -0.25) is 4.79 Å². The lowest BCUT2D eigenvalue weighted by Gasteiger charge is -1.92. The number of hydrogen-bond donors (Lipinski definition) is 1. The molecule has 10 heavy (non-hydrogen) atoms. The number of carbonyl (C=O) groups excluding carboxylic acids is 1. The van der Waals surface area contributed by atoms with Crippen molar-refractivity contribution in [3.63, 3.8) is 0 Å². The van der Waals surface area contributed by atoms with Gasteiger partial charge in [0.1, 0.15) is 0 Å². The molecule has 1 aromatic carbocycles. The number of rotatable bonds is 1. The zero-order valence-corrected chi connectivity index (χ0v) is 5.37. The van der Waals surface area contributed by atoms with Crippen molar-refractivity contribution in [1.29, 1.82) is 0 Å². The van der Waals surface area contributed by atoms with E-state index in [0.29, 0.717) is 11.3 Å². The Labute approximate surface area is 58.8 Å². The van der Waals surface area contributed by atoms with E-state index in [9.17, 15) is 4.79 Å². The van der Waals surface area contributed by atoms with Gasteiger partial charge < -0.3 is 11.2 Å². The van der Waals surface area contributed by atoms with Crippen LogP contribution in [0.15, 0.2) is 24.3 Å². The summed E-state index contributed by atoms with van der Waals surface area (Å²) in [5.74, 6) is 0. The summed E-state index contributed by atoms with van der Waals surface area (Å²) in [6, 6.07) is 6.95. The zero-order chi connectivity index (χ0) is 6.69. The molecule has 3 nitrogen and oxygen atoms in total. The molecule has 0 heterocycles. The normalized spacial score (nSPS) is 8.00. The van der Waals surface area contributed by atoms with Crippen LogP contribution in [-0.2, 0) is 0 Å². The van der Waals surface area contributed by atoms with E-state index in [-0.39, 0.29) is 5.48 Å². The van der Waals surface area contributed by atoms with Gasteiger partial charge in [0.15, 0.2) is 6.29 Å². The van der Waals surface area contributed by atoms with Crippen molar-refractivity contribution in [2.45, 2.75) is 0 Å². The Morgan fingerprint density at radius 2 is 1.90 bits per heavy atom. The van der Waals surface area contributed by atoms with Crippen molar-refractivity contribution in [2.24, 2.45) is 0 Å². The maximum atomic E-state index is 10.1. The topological polar surface area (TPSA) is 74.6 Å². The fraction of sp³-hybridized carbons (Fsp3) is 0. The lowest BCUT2D eigenvalue weighted by molar-refractivity contribution is 0.112. The van der Waals surface area contributed by atoms with Crippen LogP contribution in [0.3, 0.4) is 0 Å². The molecule has 0 aliphatic carbocycles. The van der Waals surface area contributed by atoms with Crippen molar-refractivity contribution >= 4 is 12.0 Å². The molecule has 0 aromatic heterocycles. The van der Waals surface area contributed by atoms with Crippen LogP contribution in [-0.4, -0.2) is 11.8 Å². The molecule has 0 spiro atoms. The molecule has 0 aliphatic rings. The van der Waals surface area contributed by atoms with E-state index in [1.807, 2.05) is 0 Å². The van der Waals surface area contributed by atoms with Crippen LogP contribution in [0.1, 0.15) is 10.4 Å². The van der Waals surface area contributed by atoms with Crippen LogP contribution < -0.4 is 5.73 Å². The number of nitrogens with two attached hydrogens (primary N) is 1. The molecule has 0 amide bonds. The molecular formula is C7H9NO2. The molecule has 0 radical (unpaired) electrons. The standard InChI is InChI=1S/C7H7NO.H2O/c8-7-4-2-1-3-6(7)5-9;/h1-5H,8H2;1H2. The molecule has 0 saturated carbocycles. The third-order valence-electron chi connectivity index (χ3n) is 1.12. The Kier molecular flexibility index (Phi) is 3.14. The van der Waals surface area contributed by atoms with Gasteiger partial charge in [-0.15, -0.1) is 0 Å². The summed E-state index contributed by atoms with van der Waals surface area (Å²) in [6.45, 7) is 0. The second-order valence-corrected chi connectivity index (χ2v) is 1.75. The monoisotopic (exact) mass is 139 g/mol. The summed E-state index contributed by atoms with van der Waals surface area (Å²) in [6.07, 6.45) is 0.745. The maximum absolute atomic E-state index is 10.1. The van der Waals surface area contributed by atoms with Crippen molar-refractivity contribution in [3.8, 4) is 0 Å². The average Bonchev–Trinajstić information content (AvgIpc) is 1.89. The second-order valence-electron chi connectivity index (χ2n) is 1.75. The predicted molar refractivity (Wildman–Crippen MR) is 39.9 cm³/mol. The fourth-order valence-electron chi connectivity index (χ4n) is 0.618. The molecule has 0 aliphatic heterocycles. The minimum atomic E-state index is 0. The minimum absolute atomic E-state index is 0. The quantitative estimate of drug-likeness (QED) is 0.447. The smallest absolute Gasteiger partial charge is 0.152 e. The molecule has 1 rings (SSSR count). The number of hydrogen-bond acceptors (Lipinski definition) is 2. The Morgan fingerprint density at radius 1 is 1.30 bits per heavy atom. The summed E-state index contributed by atoms with van der Waals surface area (Å²) in [5.41, 5.74) is 6.49. The highest BCUT2D eigenvalue weighted by Crippen LogP contribution is 2.05. The SMILES string of the molecule is Nc1ccccc1C=O.O. The highest BCUT2D eigenvalue weighted by Gasteiger charge is 1.90. The van der Waals surface area contributed by atoms with E-state index in [4.69, 9.17) is 5.73 Å². The first-order valence-electron chi connectivity index (χ1n) is 2.64. The second kappa shape index (κ2) is 3.63. The number of benzene rings is 1. The van der Waals surface area contributed by atoms with Crippen LogP contribution in [0.25, 0.3) is 0 Å². The Hall–Kier alpha value is -1.35. The summed E-state index contributed by atoms with van der Waals surface area (Å²) in [4.78, 5) is 10.1. The molecule has 1 aromatic rings. The lowest BCUT2D eigenvalue weighted by Crippen LogP contribution is -1.90. The Bertz CT molecular complexity index is 223. The van der Waals surface area contributed by atoms with Gasteiger partial charge >= 0.3 is 0 Å². The molecule has 54 valence electrons. The van der Waals surface area contributed by atoms with E-state index in [2.05, 4.69) is 0 Å². The highest BCUT2D eigenvalue weighted by molar-refractivity contribution is 5.82. The van der Waals surface area contributed by atoms with Gasteiger partial charge in [0.2, 0.25) is 0 Å². The molecule has 3 heteroatoms. The number of aldehydes is 1. The minimum Gasteiger partial charge on any atom is -0.412 e. The number of para-hydroxylation sites is 1. The first-order valence-corrected chi connectivity index (χ1v) is 2.64. The van der Waals surface area contributed by atoms with Gasteiger partial charge in [0, 0.05) is 11.3 Å². The Balaban J connectivity index is 0.000000810. The van der Waals surface area contributed by atoms with Gasteiger partial charge in [-0.25, -0.2) is 0 Å². The van der Waals surface area contributed by atoms with E-state index in [0.717, 1.165) is 6.29 Å². The largest absolute Gasteiger partial charge is 0.412 e. The maximum Gasteiger partial charge on any atom is 0.152 e. The first-order chi connectivity index (χ1) is 4.34. The third-order valence-corrected chi connectivity index (χ3v) is 1.12. The zero-order valence-electron chi connectivity index (χ0n) is 5.37. The van der Waals surface area contributed by atoms with Crippen molar-refractivity contribution in [1.82, 2.24) is 0 Å². The summed E-state index contributed by atoms with van der Waals surface area (Å²) in [7, 11) is 0. The lowest BCUT2D eigenvalue weighted by atomic mass is 10.2. The number of anilines is 1. The summed E-state index contributed by atoms with van der Waals surface area (Å²) < 4.78 is 0. The van der Waals surface area contributed by atoms with Gasteiger partial charge in [-0.05, 0) is 12.1 Å². The highest BCUT2D eigenvalue weighted by atomic mass is 16.1. The third kappa shape index (κ3) is 1.56. The molecule has 4 N–H and O–H groups in total.